The lowest BCUT2D eigenvalue weighted by molar-refractivity contribution is -0.115. The molecule has 0 fully saturated rings. The maximum atomic E-state index is 13.3. The Balaban J connectivity index is 2.90. The van der Waals surface area contributed by atoms with Gasteiger partial charge in [0, 0.05) is 17.4 Å². The largest absolute Gasteiger partial charge is 0.326 e. The predicted octanol–water partition coefficient (Wildman–Crippen LogP) is 1.92. The van der Waals surface area contributed by atoms with Crippen molar-refractivity contribution in [3.05, 3.63) is 24.0 Å². The summed E-state index contributed by atoms with van der Waals surface area (Å²) >= 11 is 3.12. The smallest absolute Gasteiger partial charge is 0.229 e. The quantitative estimate of drug-likeness (QED) is 0.805. The van der Waals surface area contributed by atoms with Crippen molar-refractivity contribution < 1.29 is 17.6 Å². The molecule has 5 nitrogen and oxygen atoms in total. The summed E-state index contributed by atoms with van der Waals surface area (Å²) in [6.45, 7) is 0. The van der Waals surface area contributed by atoms with Gasteiger partial charge in [-0.05, 0) is 18.2 Å². The van der Waals surface area contributed by atoms with Gasteiger partial charge in [-0.1, -0.05) is 15.9 Å². The first-order valence-corrected chi connectivity index (χ1v) is 7.96. The number of alkyl halides is 1. The number of halogens is 2. The average Bonchev–Trinajstić information content (AvgIpc) is 2.21. The maximum Gasteiger partial charge on any atom is 0.229 e. The second-order valence-corrected chi connectivity index (χ2v) is 6.10. The van der Waals surface area contributed by atoms with Crippen molar-refractivity contribution in [3.8, 4) is 0 Å². The third kappa shape index (κ3) is 5.01. The summed E-state index contributed by atoms with van der Waals surface area (Å²) in [6, 6.07) is 3.66. The monoisotopic (exact) mass is 338 g/mol. The van der Waals surface area contributed by atoms with Gasteiger partial charge in [-0.15, -0.1) is 0 Å². The van der Waals surface area contributed by atoms with Gasteiger partial charge in [0.15, 0.2) is 0 Å². The SMILES string of the molecule is CS(=O)(=O)Nc1cc(NC(=O)CCBr)ccc1F. The van der Waals surface area contributed by atoms with Gasteiger partial charge in [-0.2, -0.15) is 0 Å². The lowest BCUT2D eigenvalue weighted by Gasteiger charge is -2.09. The molecule has 0 aliphatic heterocycles. The fourth-order valence-corrected chi connectivity index (χ4v) is 2.11. The molecule has 1 amide bonds. The van der Waals surface area contributed by atoms with E-state index in [1.807, 2.05) is 4.72 Å². The van der Waals surface area contributed by atoms with Crippen LogP contribution in [0.15, 0.2) is 18.2 Å². The number of nitrogens with one attached hydrogen (secondary N) is 2. The van der Waals surface area contributed by atoms with Crippen LogP contribution in [0.2, 0.25) is 0 Å². The molecule has 8 heteroatoms. The van der Waals surface area contributed by atoms with E-state index in [2.05, 4.69) is 21.2 Å². The molecule has 0 radical (unpaired) electrons. The normalized spacial score (nSPS) is 11.1. The lowest BCUT2D eigenvalue weighted by atomic mass is 10.2. The van der Waals surface area contributed by atoms with Gasteiger partial charge in [-0.25, -0.2) is 12.8 Å². The van der Waals surface area contributed by atoms with Crippen LogP contribution < -0.4 is 10.0 Å². The molecule has 0 saturated heterocycles. The number of carbonyl (C=O) groups excluding carboxylic acids is 1. The fraction of sp³-hybridized carbons (Fsp3) is 0.300. The average molecular weight is 339 g/mol. The van der Waals surface area contributed by atoms with Crippen molar-refractivity contribution in [3.63, 3.8) is 0 Å². The highest BCUT2D eigenvalue weighted by molar-refractivity contribution is 9.09. The third-order valence-corrected chi connectivity index (χ3v) is 2.85. The molecule has 0 atom stereocenters. The molecule has 2 N–H and O–H groups in total. The molecule has 0 saturated carbocycles. The highest BCUT2D eigenvalue weighted by atomic mass is 79.9. The van der Waals surface area contributed by atoms with Crippen LogP contribution in [0.4, 0.5) is 15.8 Å². The number of amides is 1. The maximum absolute atomic E-state index is 13.3. The molecule has 0 spiro atoms. The molecule has 1 rings (SSSR count). The summed E-state index contributed by atoms with van der Waals surface area (Å²) in [5, 5.41) is 3.03. The van der Waals surface area contributed by atoms with E-state index in [0.29, 0.717) is 11.0 Å². The van der Waals surface area contributed by atoms with E-state index in [4.69, 9.17) is 0 Å². The fourth-order valence-electron chi connectivity index (χ4n) is 1.19. The Morgan fingerprint density at radius 1 is 1.44 bits per heavy atom. The van der Waals surface area contributed by atoms with Crippen LogP contribution in [-0.4, -0.2) is 25.9 Å². The molecule has 0 aliphatic carbocycles. The standard InChI is InChI=1S/C10H12BrFN2O3S/c1-18(16,17)14-9-6-7(2-3-8(9)12)13-10(15)4-5-11/h2-3,6,14H,4-5H2,1H3,(H,13,15). The van der Waals surface area contributed by atoms with Gasteiger partial charge >= 0.3 is 0 Å². The molecular weight excluding hydrogens is 327 g/mol. The summed E-state index contributed by atoms with van der Waals surface area (Å²) in [5.41, 5.74) is 0.127. The number of anilines is 2. The summed E-state index contributed by atoms with van der Waals surface area (Å²) in [7, 11) is -3.57. The third-order valence-electron chi connectivity index (χ3n) is 1.87. The minimum absolute atomic E-state index is 0.200. The Labute approximate surface area is 113 Å². The topological polar surface area (TPSA) is 75.3 Å². The Bertz CT molecular complexity index is 548. The Kier molecular flexibility index (Phi) is 5.09. The second-order valence-electron chi connectivity index (χ2n) is 3.56. The van der Waals surface area contributed by atoms with E-state index in [1.54, 1.807) is 0 Å². The van der Waals surface area contributed by atoms with Crippen molar-refractivity contribution in [1.29, 1.82) is 0 Å². The number of benzene rings is 1. The molecule has 0 bridgehead atoms. The molecule has 0 heterocycles. The zero-order chi connectivity index (χ0) is 13.8. The first-order valence-electron chi connectivity index (χ1n) is 4.95. The van der Waals surface area contributed by atoms with Crippen LogP contribution in [0.5, 0.6) is 0 Å². The van der Waals surface area contributed by atoms with Gasteiger partial charge < -0.3 is 5.32 Å². The number of rotatable bonds is 5. The van der Waals surface area contributed by atoms with Crippen molar-refractivity contribution >= 4 is 43.2 Å². The number of hydrogen-bond acceptors (Lipinski definition) is 3. The molecule has 1 aromatic rings. The Morgan fingerprint density at radius 2 is 2.11 bits per heavy atom. The van der Waals surface area contributed by atoms with Gasteiger partial charge in [0.1, 0.15) is 5.82 Å². The summed E-state index contributed by atoms with van der Waals surface area (Å²) in [5.74, 6) is -0.956. The van der Waals surface area contributed by atoms with E-state index in [0.717, 1.165) is 12.3 Å². The van der Waals surface area contributed by atoms with E-state index < -0.39 is 15.8 Å². The van der Waals surface area contributed by atoms with Gasteiger partial charge in [0.25, 0.3) is 0 Å². The van der Waals surface area contributed by atoms with E-state index in [1.165, 1.54) is 12.1 Å². The lowest BCUT2D eigenvalue weighted by Crippen LogP contribution is -2.14. The molecule has 1 aromatic carbocycles. The highest BCUT2D eigenvalue weighted by Crippen LogP contribution is 2.20. The van der Waals surface area contributed by atoms with Crippen LogP contribution in [0, 0.1) is 5.82 Å². The van der Waals surface area contributed by atoms with Crippen molar-refractivity contribution in [2.75, 3.05) is 21.6 Å². The van der Waals surface area contributed by atoms with E-state index in [-0.39, 0.29) is 18.0 Å². The Hall–Kier alpha value is -1.15. The van der Waals surface area contributed by atoms with Crippen LogP contribution in [0.1, 0.15) is 6.42 Å². The number of carbonyl (C=O) groups is 1. The number of hydrogen-bond donors (Lipinski definition) is 2. The van der Waals surface area contributed by atoms with Gasteiger partial charge in [-0.3, -0.25) is 9.52 Å². The van der Waals surface area contributed by atoms with Crippen LogP contribution in [0.25, 0.3) is 0 Å². The van der Waals surface area contributed by atoms with Crippen LogP contribution in [0.3, 0.4) is 0 Å². The predicted molar refractivity (Wildman–Crippen MR) is 71.9 cm³/mol. The molecule has 0 unspecified atom stereocenters. The molecule has 100 valence electrons. The first-order chi connectivity index (χ1) is 8.31. The van der Waals surface area contributed by atoms with E-state index in [9.17, 15) is 17.6 Å². The minimum Gasteiger partial charge on any atom is -0.326 e. The zero-order valence-corrected chi connectivity index (χ0v) is 11.9. The highest BCUT2D eigenvalue weighted by Gasteiger charge is 2.09. The zero-order valence-electron chi connectivity index (χ0n) is 9.54. The molecule has 0 aromatic heterocycles. The van der Waals surface area contributed by atoms with Crippen molar-refractivity contribution in [2.24, 2.45) is 0 Å². The molecule has 0 aliphatic rings. The minimum atomic E-state index is -3.57. The second kappa shape index (κ2) is 6.14. The van der Waals surface area contributed by atoms with Crippen LogP contribution in [-0.2, 0) is 14.8 Å². The van der Waals surface area contributed by atoms with Crippen LogP contribution >= 0.6 is 15.9 Å². The van der Waals surface area contributed by atoms with Crippen molar-refractivity contribution in [2.45, 2.75) is 6.42 Å². The van der Waals surface area contributed by atoms with Gasteiger partial charge in [0.05, 0.1) is 11.9 Å². The summed E-state index contributed by atoms with van der Waals surface area (Å²) in [4.78, 5) is 11.3. The summed E-state index contributed by atoms with van der Waals surface area (Å²) in [6.07, 6.45) is 1.19. The first kappa shape index (κ1) is 14.9. The summed E-state index contributed by atoms with van der Waals surface area (Å²) < 4.78 is 37.4. The molecular formula is C10H12BrFN2O3S. The van der Waals surface area contributed by atoms with Gasteiger partial charge in [0.2, 0.25) is 15.9 Å². The molecule has 18 heavy (non-hydrogen) atoms. The Morgan fingerprint density at radius 3 is 2.67 bits per heavy atom. The number of sulfonamides is 1. The van der Waals surface area contributed by atoms with Crippen molar-refractivity contribution in [1.82, 2.24) is 0 Å². The van der Waals surface area contributed by atoms with E-state index >= 15 is 0 Å².